The fraction of sp³-hybridized carbons (Fsp3) is 0.105. The van der Waals surface area contributed by atoms with Crippen molar-refractivity contribution >= 4 is 21.6 Å². The number of carbonyl (C=O) groups is 1. The van der Waals surface area contributed by atoms with E-state index in [2.05, 4.69) is 9.98 Å². The number of aromatic nitrogens is 1. The maximum Gasteiger partial charge on any atom is 0.283 e. The molecule has 7 nitrogen and oxygen atoms in total. The van der Waals surface area contributed by atoms with Crippen molar-refractivity contribution in [1.29, 1.82) is 0 Å². The first-order valence-electron chi connectivity index (χ1n) is 8.25. The average Bonchev–Trinajstić information content (AvgIpc) is 3.12. The lowest BCUT2D eigenvalue weighted by atomic mass is 10.1. The molecule has 1 aromatic carbocycles. The van der Waals surface area contributed by atoms with Gasteiger partial charge in [-0.25, -0.2) is 26.9 Å². The van der Waals surface area contributed by atoms with Gasteiger partial charge < -0.3 is 4.74 Å². The molecule has 0 spiro atoms. The fourth-order valence-electron chi connectivity index (χ4n) is 2.61. The molecular formula is C19H15F2N3O4S. The number of hydrogen-bond acceptors (Lipinski definition) is 6. The molecule has 0 saturated heterocycles. The van der Waals surface area contributed by atoms with Crippen LogP contribution in [0.1, 0.15) is 12.6 Å². The third-order valence-corrected chi connectivity index (χ3v) is 5.32. The molecule has 0 atom stereocenters. The van der Waals surface area contributed by atoms with Gasteiger partial charge in [-0.05, 0) is 43.3 Å². The van der Waals surface area contributed by atoms with Crippen molar-refractivity contribution in [3.63, 3.8) is 0 Å². The monoisotopic (exact) mass is 419 g/mol. The third kappa shape index (κ3) is 4.06. The molecular weight excluding hydrogens is 404 g/mol. The van der Waals surface area contributed by atoms with Crippen molar-refractivity contribution < 1.29 is 26.7 Å². The van der Waals surface area contributed by atoms with Gasteiger partial charge in [0.05, 0.1) is 12.8 Å². The predicted octanol–water partition coefficient (Wildman–Crippen LogP) is 2.51. The quantitative estimate of drug-likeness (QED) is 0.803. The Labute approximate surface area is 165 Å². The highest BCUT2D eigenvalue weighted by molar-refractivity contribution is 7.90. The number of halogens is 2. The van der Waals surface area contributed by atoms with Crippen LogP contribution in [-0.4, -0.2) is 32.1 Å². The van der Waals surface area contributed by atoms with E-state index in [0.717, 1.165) is 18.2 Å². The topological polar surface area (TPSA) is 97.7 Å². The maximum atomic E-state index is 14.1. The zero-order valence-electron chi connectivity index (χ0n) is 15.3. The number of carbonyl (C=O) groups excluding carboxylic acids is 1. The standard InChI is InChI=1S/C19H15F2N3O4S/c1-3-11-9-14(23-17(11)18-13(21)5-4-8-22-18)19(25)24-29(26,27)16-10-12(20)6-7-15(16)28-2/h3-10H,1-2H3,(H,24,25)/b11-3+. The molecule has 0 bridgehead atoms. The summed E-state index contributed by atoms with van der Waals surface area (Å²) in [6.45, 7) is 1.65. The van der Waals surface area contributed by atoms with Crippen molar-refractivity contribution in [3.05, 3.63) is 77.3 Å². The van der Waals surface area contributed by atoms with Crippen molar-refractivity contribution in [2.45, 2.75) is 11.8 Å². The molecule has 3 rings (SSSR count). The lowest BCUT2D eigenvalue weighted by Gasteiger charge is -2.10. The fourth-order valence-corrected chi connectivity index (χ4v) is 3.75. The highest BCUT2D eigenvalue weighted by Gasteiger charge is 2.28. The molecule has 0 radical (unpaired) electrons. The van der Waals surface area contributed by atoms with Crippen molar-refractivity contribution in [1.82, 2.24) is 9.71 Å². The van der Waals surface area contributed by atoms with Crippen LogP contribution in [0.25, 0.3) is 0 Å². The molecule has 0 fully saturated rings. The minimum atomic E-state index is -4.46. The second kappa shape index (κ2) is 7.92. The minimum Gasteiger partial charge on any atom is -0.495 e. The highest BCUT2D eigenvalue weighted by Crippen LogP contribution is 2.26. The van der Waals surface area contributed by atoms with Gasteiger partial charge in [-0.3, -0.25) is 9.78 Å². The van der Waals surface area contributed by atoms with Crippen LogP contribution in [0.5, 0.6) is 5.75 Å². The second-order valence-electron chi connectivity index (χ2n) is 5.80. The molecule has 2 heterocycles. The summed E-state index contributed by atoms with van der Waals surface area (Å²) in [6.07, 6.45) is 4.25. The summed E-state index contributed by atoms with van der Waals surface area (Å²) < 4.78 is 59.4. The number of aliphatic imine (C=N–C) groups is 1. The van der Waals surface area contributed by atoms with E-state index in [-0.39, 0.29) is 22.9 Å². The molecule has 1 aliphatic rings. The number of ether oxygens (including phenoxy) is 1. The lowest BCUT2D eigenvalue weighted by molar-refractivity contribution is -0.115. The molecule has 29 heavy (non-hydrogen) atoms. The van der Waals surface area contributed by atoms with Gasteiger partial charge in [0.1, 0.15) is 27.9 Å². The number of sulfonamides is 1. The summed E-state index contributed by atoms with van der Waals surface area (Å²) in [6, 6.07) is 5.48. The van der Waals surface area contributed by atoms with E-state index in [4.69, 9.17) is 4.74 Å². The highest BCUT2D eigenvalue weighted by atomic mass is 32.2. The van der Waals surface area contributed by atoms with E-state index in [1.54, 1.807) is 13.0 Å². The molecule has 1 amide bonds. The Bertz CT molecular complexity index is 1190. The summed E-state index contributed by atoms with van der Waals surface area (Å²) in [5.74, 6) is -2.67. The van der Waals surface area contributed by atoms with Gasteiger partial charge >= 0.3 is 0 Å². The number of allylic oxidation sites excluding steroid dienone is 3. The van der Waals surface area contributed by atoms with E-state index in [1.165, 1.54) is 31.5 Å². The molecule has 0 saturated carbocycles. The largest absolute Gasteiger partial charge is 0.495 e. The first-order chi connectivity index (χ1) is 13.8. The Hall–Kier alpha value is -3.40. The Kier molecular flexibility index (Phi) is 5.55. The Balaban J connectivity index is 1.93. The summed E-state index contributed by atoms with van der Waals surface area (Å²) >= 11 is 0. The number of pyridine rings is 1. The molecule has 1 aromatic heterocycles. The summed E-state index contributed by atoms with van der Waals surface area (Å²) in [5.41, 5.74) is 0.149. The number of nitrogens with zero attached hydrogens (tertiary/aromatic N) is 2. The molecule has 0 aliphatic carbocycles. The van der Waals surface area contributed by atoms with Gasteiger partial charge in [0.2, 0.25) is 0 Å². The third-order valence-electron chi connectivity index (χ3n) is 3.97. The minimum absolute atomic E-state index is 0.0747. The normalized spacial score (nSPS) is 15.1. The van der Waals surface area contributed by atoms with Crippen LogP contribution in [0.3, 0.4) is 0 Å². The lowest BCUT2D eigenvalue weighted by Crippen LogP contribution is -2.31. The molecule has 1 N–H and O–H groups in total. The average molecular weight is 419 g/mol. The molecule has 2 aromatic rings. The van der Waals surface area contributed by atoms with Gasteiger partial charge in [-0.1, -0.05) is 6.08 Å². The number of benzene rings is 1. The van der Waals surface area contributed by atoms with E-state index >= 15 is 0 Å². The van der Waals surface area contributed by atoms with Gasteiger partial charge in [-0.15, -0.1) is 0 Å². The van der Waals surface area contributed by atoms with E-state index in [9.17, 15) is 22.0 Å². The van der Waals surface area contributed by atoms with Crippen LogP contribution in [0.15, 0.2) is 69.8 Å². The van der Waals surface area contributed by atoms with E-state index in [1.807, 2.05) is 4.72 Å². The van der Waals surface area contributed by atoms with E-state index in [0.29, 0.717) is 5.57 Å². The molecule has 0 unspecified atom stereocenters. The van der Waals surface area contributed by atoms with Gasteiger partial charge in [0.15, 0.2) is 5.82 Å². The van der Waals surface area contributed by atoms with Crippen LogP contribution < -0.4 is 9.46 Å². The zero-order valence-corrected chi connectivity index (χ0v) is 16.1. The smallest absolute Gasteiger partial charge is 0.283 e. The SMILES string of the molecule is C/C=C1\C=C(C(=O)NS(=O)(=O)c2cc(F)ccc2OC)N=C1c1ncccc1F. The second-order valence-corrected chi connectivity index (χ2v) is 7.45. The van der Waals surface area contributed by atoms with Gasteiger partial charge in [0.25, 0.3) is 15.9 Å². The predicted molar refractivity (Wildman–Crippen MR) is 101 cm³/mol. The number of methoxy groups -OCH3 is 1. The molecule has 150 valence electrons. The van der Waals surface area contributed by atoms with Gasteiger partial charge in [0, 0.05) is 11.8 Å². The molecule has 1 aliphatic heterocycles. The Morgan fingerprint density at radius 3 is 2.66 bits per heavy atom. The summed E-state index contributed by atoms with van der Waals surface area (Å²) in [5, 5.41) is 0. The number of hydrogen-bond donors (Lipinski definition) is 1. The maximum absolute atomic E-state index is 14.1. The van der Waals surface area contributed by atoms with Crippen molar-refractivity contribution in [2.75, 3.05) is 7.11 Å². The van der Waals surface area contributed by atoms with Crippen molar-refractivity contribution in [3.8, 4) is 5.75 Å². The first-order valence-corrected chi connectivity index (χ1v) is 9.73. The van der Waals surface area contributed by atoms with E-state index < -0.39 is 32.5 Å². The van der Waals surface area contributed by atoms with Gasteiger partial charge in [-0.2, -0.15) is 0 Å². The zero-order chi connectivity index (χ0) is 21.2. The molecule has 10 heteroatoms. The number of rotatable bonds is 5. The first kappa shape index (κ1) is 20.3. The van der Waals surface area contributed by atoms with Crippen LogP contribution in [0.2, 0.25) is 0 Å². The number of nitrogens with one attached hydrogen (secondary N) is 1. The van der Waals surface area contributed by atoms with Crippen molar-refractivity contribution in [2.24, 2.45) is 4.99 Å². The summed E-state index contributed by atoms with van der Waals surface area (Å²) in [7, 11) is -3.25. The number of amides is 1. The summed E-state index contributed by atoms with van der Waals surface area (Å²) in [4.78, 5) is 19.9. The van der Waals surface area contributed by atoms with Crippen LogP contribution in [0, 0.1) is 11.6 Å². The van der Waals surface area contributed by atoms with Crippen LogP contribution >= 0.6 is 0 Å². The van der Waals surface area contributed by atoms with Crippen LogP contribution in [-0.2, 0) is 14.8 Å². The van der Waals surface area contributed by atoms with Crippen LogP contribution in [0.4, 0.5) is 8.78 Å². The Morgan fingerprint density at radius 2 is 2.00 bits per heavy atom. The Morgan fingerprint density at radius 1 is 1.24 bits per heavy atom.